The largest absolute Gasteiger partial charge is 0.359 e. The second-order valence-corrected chi connectivity index (χ2v) is 5.52. The molecule has 0 spiro atoms. The third-order valence-corrected chi connectivity index (χ3v) is 3.82. The summed E-state index contributed by atoms with van der Waals surface area (Å²) in [5.41, 5.74) is 2.89. The van der Waals surface area contributed by atoms with Crippen LogP contribution in [-0.2, 0) is 6.42 Å². The lowest BCUT2D eigenvalue weighted by Crippen LogP contribution is -2.32. The number of carbonyl (C=O) groups is 1. The first-order chi connectivity index (χ1) is 11.6. The van der Waals surface area contributed by atoms with E-state index in [0.717, 1.165) is 16.6 Å². The maximum Gasteiger partial charge on any atom is 0.319 e. The Bertz CT molecular complexity index is 919. The number of nitrogens with one attached hydrogen (secondary N) is 3. The zero-order valence-electron chi connectivity index (χ0n) is 13.3. The number of fused-ring (bicyclic) bond motifs is 1. The SMILES string of the molecule is Cc1cccc2c(=O)c(NC(=O)NCCc3ccncc3)c[nH]c12. The fraction of sp³-hybridized carbons (Fsp3) is 0.167. The standard InChI is InChI=1S/C18H18N4O2/c1-12-3-2-4-14-16(12)21-11-15(17(14)23)22-18(24)20-10-7-13-5-8-19-9-6-13/h2-6,8-9,11H,7,10H2,1H3,(H,21,23)(H2,20,22,24). The maximum absolute atomic E-state index is 12.4. The zero-order valence-corrected chi connectivity index (χ0v) is 13.3. The lowest BCUT2D eigenvalue weighted by molar-refractivity contribution is 0.252. The first-order valence-corrected chi connectivity index (χ1v) is 7.70. The predicted molar refractivity (Wildman–Crippen MR) is 94.3 cm³/mol. The van der Waals surface area contributed by atoms with Crippen LogP contribution in [0, 0.1) is 6.92 Å². The predicted octanol–water partition coefficient (Wildman–Crippen LogP) is 2.60. The summed E-state index contributed by atoms with van der Waals surface area (Å²) in [6.45, 7) is 2.40. The molecule has 24 heavy (non-hydrogen) atoms. The number of H-pyrrole nitrogens is 1. The van der Waals surface area contributed by atoms with Crippen LogP contribution in [-0.4, -0.2) is 22.5 Å². The Hall–Kier alpha value is -3.15. The molecule has 0 aliphatic carbocycles. The van der Waals surface area contributed by atoms with E-state index in [2.05, 4.69) is 20.6 Å². The van der Waals surface area contributed by atoms with Gasteiger partial charge in [0.25, 0.3) is 0 Å². The molecule has 0 unspecified atom stereocenters. The second kappa shape index (κ2) is 6.95. The topological polar surface area (TPSA) is 86.9 Å². The van der Waals surface area contributed by atoms with Gasteiger partial charge in [-0.05, 0) is 42.7 Å². The minimum atomic E-state index is -0.401. The van der Waals surface area contributed by atoms with Gasteiger partial charge in [-0.3, -0.25) is 9.78 Å². The van der Waals surface area contributed by atoms with Crippen molar-refractivity contribution >= 4 is 22.6 Å². The minimum absolute atomic E-state index is 0.197. The molecule has 0 bridgehead atoms. The number of aromatic amines is 1. The Morgan fingerprint density at radius 3 is 2.79 bits per heavy atom. The number of aromatic nitrogens is 2. The van der Waals surface area contributed by atoms with Crippen molar-refractivity contribution in [1.82, 2.24) is 15.3 Å². The summed E-state index contributed by atoms with van der Waals surface area (Å²) in [6, 6.07) is 8.89. The van der Waals surface area contributed by atoms with Crippen LogP contribution in [0.2, 0.25) is 0 Å². The van der Waals surface area contributed by atoms with Gasteiger partial charge in [0.1, 0.15) is 5.69 Å². The molecule has 1 aromatic carbocycles. The summed E-state index contributed by atoms with van der Waals surface area (Å²) in [5, 5.41) is 5.90. The number of para-hydroxylation sites is 1. The molecule has 0 saturated carbocycles. The van der Waals surface area contributed by atoms with E-state index in [1.54, 1.807) is 18.5 Å². The minimum Gasteiger partial charge on any atom is -0.359 e. The molecule has 0 aliphatic heterocycles. The summed E-state index contributed by atoms with van der Waals surface area (Å²) in [4.78, 5) is 31.4. The number of hydrogen-bond donors (Lipinski definition) is 3. The number of nitrogens with zero attached hydrogens (tertiary/aromatic N) is 1. The van der Waals surface area contributed by atoms with Crippen LogP contribution < -0.4 is 16.1 Å². The summed E-state index contributed by atoms with van der Waals surface area (Å²) < 4.78 is 0. The number of anilines is 1. The summed E-state index contributed by atoms with van der Waals surface area (Å²) in [7, 11) is 0. The molecule has 2 heterocycles. The van der Waals surface area contributed by atoms with Gasteiger partial charge in [-0.1, -0.05) is 12.1 Å². The highest BCUT2D eigenvalue weighted by molar-refractivity contribution is 5.92. The van der Waals surface area contributed by atoms with E-state index in [1.165, 1.54) is 6.20 Å². The lowest BCUT2D eigenvalue weighted by atomic mass is 10.1. The number of pyridine rings is 2. The van der Waals surface area contributed by atoms with Gasteiger partial charge >= 0.3 is 6.03 Å². The van der Waals surface area contributed by atoms with Gasteiger partial charge in [-0.15, -0.1) is 0 Å². The van der Waals surface area contributed by atoms with Crippen LogP contribution in [0.25, 0.3) is 10.9 Å². The number of hydrogen-bond acceptors (Lipinski definition) is 3. The van der Waals surface area contributed by atoms with Gasteiger partial charge < -0.3 is 15.6 Å². The molecular formula is C18H18N4O2. The molecule has 2 aromatic heterocycles. The van der Waals surface area contributed by atoms with E-state index >= 15 is 0 Å². The third kappa shape index (κ3) is 3.43. The van der Waals surface area contributed by atoms with Crippen molar-refractivity contribution in [1.29, 1.82) is 0 Å². The van der Waals surface area contributed by atoms with Gasteiger partial charge in [0, 0.05) is 30.5 Å². The zero-order chi connectivity index (χ0) is 16.9. The number of benzene rings is 1. The molecule has 3 N–H and O–H groups in total. The fourth-order valence-electron chi connectivity index (χ4n) is 2.53. The van der Waals surface area contributed by atoms with Gasteiger partial charge in [-0.2, -0.15) is 0 Å². The van der Waals surface area contributed by atoms with Crippen molar-refractivity contribution in [3.05, 3.63) is 70.3 Å². The van der Waals surface area contributed by atoms with E-state index in [4.69, 9.17) is 0 Å². The molecule has 6 nitrogen and oxygen atoms in total. The van der Waals surface area contributed by atoms with Crippen LogP contribution >= 0.6 is 0 Å². The second-order valence-electron chi connectivity index (χ2n) is 5.52. The van der Waals surface area contributed by atoms with Crippen molar-refractivity contribution in [3.8, 4) is 0 Å². The lowest BCUT2D eigenvalue weighted by Gasteiger charge is -2.09. The van der Waals surface area contributed by atoms with Gasteiger partial charge in [0.2, 0.25) is 5.43 Å². The molecule has 0 radical (unpaired) electrons. The van der Waals surface area contributed by atoms with E-state index in [0.29, 0.717) is 18.4 Å². The fourth-order valence-corrected chi connectivity index (χ4v) is 2.53. The Kier molecular flexibility index (Phi) is 4.56. The van der Waals surface area contributed by atoms with Crippen molar-refractivity contribution in [2.75, 3.05) is 11.9 Å². The highest BCUT2D eigenvalue weighted by Crippen LogP contribution is 2.14. The molecule has 3 rings (SSSR count). The molecular weight excluding hydrogens is 304 g/mol. The third-order valence-electron chi connectivity index (χ3n) is 3.82. The first-order valence-electron chi connectivity index (χ1n) is 7.70. The van der Waals surface area contributed by atoms with Crippen molar-refractivity contribution in [2.24, 2.45) is 0 Å². The van der Waals surface area contributed by atoms with Crippen molar-refractivity contribution in [2.45, 2.75) is 13.3 Å². The Labute approximate surface area is 138 Å². The number of amides is 2. The number of rotatable bonds is 4. The number of urea groups is 1. The van der Waals surface area contributed by atoms with Gasteiger partial charge in [0.05, 0.1) is 5.52 Å². The Balaban J connectivity index is 1.65. The molecule has 6 heteroatoms. The molecule has 0 saturated heterocycles. The van der Waals surface area contributed by atoms with Crippen LogP contribution in [0.15, 0.2) is 53.7 Å². The van der Waals surface area contributed by atoms with Gasteiger partial charge in [0.15, 0.2) is 0 Å². The normalized spacial score (nSPS) is 10.5. The van der Waals surface area contributed by atoms with E-state index in [1.807, 2.05) is 31.2 Å². The average molecular weight is 322 g/mol. The average Bonchev–Trinajstić information content (AvgIpc) is 2.59. The van der Waals surface area contributed by atoms with E-state index < -0.39 is 6.03 Å². The van der Waals surface area contributed by atoms with Crippen molar-refractivity contribution < 1.29 is 4.79 Å². The van der Waals surface area contributed by atoms with E-state index in [-0.39, 0.29) is 11.1 Å². The Morgan fingerprint density at radius 2 is 2.00 bits per heavy atom. The molecule has 122 valence electrons. The van der Waals surface area contributed by atoms with Crippen LogP contribution in [0.1, 0.15) is 11.1 Å². The molecule has 0 atom stereocenters. The van der Waals surface area contributed by atoms with Crippen molar-refractivity contribution in [3.63, 3.8) is 0 Å². The smallest absolute Gasteiger partial charge is 0.319 e. The van der Waals surface area contributed by atoms with Crippen LogP contribution in [0.4, 0.5) is 10.5 Å². The first kappa shape index (κ1) is 15.7. The molecule has 2 amide bonds. The summed E-state index contributed by atoms with van der Waals surface area (Å²) in [6.07, 6.45) is 5.65. The summed E-state index contributed by atoms with van der Waals surface area (Å²) in [5.74, 6) is 0. The molecule has 0 aliphatic rings. The molecule has 3 aromatic rings. The number of aryl methyl sites for hydroxylation is 1. The highest BCUT2D eigenvalue weighted by Gasteiger charge is 2.09. The highest BCUT2D eigenvalue weighted by atomic mass is 16.2. The monoisotopic (exact) mass is 322 g/mol. The summed E-state index contributed by atoms with van der Waals surface area (Å²) >= 11 is 0. The maximum atomic E-state index is 12.4. The van der Waals surface area contributed by atoms with Crippen LogP contribution in [0.5, 0.6) is 0 Å². The Morgan fingerprint density at radius 1 is 1.21 bits per heavy atom. The number of carbonyl (C=O) groups excluding carboxylic acids is 1. The quantitative estimate of drug-likeness (QED) is 0.690. The van der Waals surface area contributed by atoms with E-state index in [9.17, 15) is 9.59 Å². The van der Waals surface area contributed by atoms with Crippen LogP contribution in [0.3, 0.4) is 0 Å². The van der Waals surface area contributed by atoms with Gasteiger partial charge in [-0.25, -0.2) is 4.79 Å². The molecule has 0 fully saturated rings.